The smallest absolute Gasteiger partial charge is 0.315 e. The van der Waals surface area contributed by atoms with Crippen LogP contribution in [0.2, 0.25) is 0 Å². The van der Waals surface area contributed by atoms with Gasteiger partial charge in [0.2, 0.25) is 5.95 Å². The molecule has 1 saturated carbocycles. The number of nitrogens with zero attached hydrogens (tertiary/aromatic N) is 2. The van der Waals surface area contributed by atoms with Crippen LogP contribution in [0, 0.1) is 0 Å². The van der Waals surface area contributed by atoms with Crippen LogP contribution in [-0.4, -0.2) is 60.0 Å². The Morgan fingerprint density at radius 2 is 1.92 bits per heavy atom. The zero-order valence-corrected chi connectivity index (χ0v) is 15.1. The quantitative estimate of drug-likeness (QED) is 0.733. The van der Waals surface area contributed by atoms with E-state index >= 15 is 0 Å². The van der Waals surface area contributed by atoms with E-state index in [0.29, 0.717) is 31.6 Å². The molecular formula is C18H27N5O3. The molecule has 4 atom stereocenters. The van der Waals surface area contributed by atoms with E-state index in [2.05, 4.69) is 20.9 Å². The van der Waals surface area contributed by atoms with Crippen LogP contribution in [0.1, 0.15) is 44.2 Å². The minimum absolute atomic E-state index is 0.0140. The highest BCUT2D eigenvalue weighted by molar-refractivity contribution is 5.74. The first kappa shape index (κ1) is 17.5. The Morgan fingerprint density at radius 3 is 2.69 bits per heavy atom. The summed E-state index contributed by atoms with van der Waals surface area (Å²) >= 11 is 0. The molecule has 8 nitrogen and oxygen atoms in total. The predicted octanol–water partition coefficient (Wildman–Crippen LogP) is 1.40. The van der Waals surface area contributed by atoms with Gasteiger partial charge in [0.15, 0.2) is 0 Å². The van der Waals surface area contributed by atoms with Crippen molar-refractivity contribution in [2.45, 2.75) is 62.8 Å². The van der Waals surface area contributed by atoms with Gasteiger partial charge in [0.1, 0.15) is 12.2 Å². The number of amides is 2. The summed E-state index contributed by atoms with van der Waals surface area (Å²) in [5.41, 5.74) is 1.12. The lowest BCUT2D eigenvalue weighted by Gasteiger charge is -2.19. The molecule has 3 aliphatic rings. The summed E-state index contributed by atoms with van der Waals surface area (Å²) in [4.78, 5) is 20.8. The van der Waals surface area contributed by atoms with Crippen molar-refractivity contribution >= 4 is 12.0 Å². The van der Waals surface area contributed by atoms with Crippen molar-refractivity contribution in [1.82, 2.24) is 20.6 Å². The lowest BCUT2D eigenvalue weighted by atomic mass is 10.0. The Bertz CT molecular complexity index is 637. The number of ether oxygens (including phenoxy) is 2. The van der Waals surface area contributed by atoms with Gasteiger partial charge in [0.25, 0.3) is 0 Å². The van der Waals surface area contributed by atoms with Crippen molar-refractivity contribution in [1.29, 1.82) is 0 Å². The number of hydrogen-bond acceptors (Lipinski definition) is 6. The average Bonchev–Trinajstić information content (AvgIpc) is 3.36. The van der Waals surface area contributed by atoms with Gasteiger partial charge in [-0.05, 0) is 25.8 Å². The number of nitrogens with one attached hydrogen (secondary N) is 3. The lowest BCUT2D eigenvalue weighted by molar-refractivity contribution is 0.0682. The van der Waals surface area contributed by atoms with Gasteiger partial charge in [0, 0.05) is 24.4 Å². The monoisotopic (exact) mass is 361 g/mol. The first-order valence-corrected chi connectivity index (χ1v) is 9.61. The minimum Gasteiger partial charge on any atom is -0.371 e. The summed E-state index contributed by atoms with van der Waals surface area (Å²) in [5.74, 6) is 1.19. The summed E-state index contributed by atoms with van der Waals surface area (Å²) in [6.45, 7) is 3.44. The van der Waals surface area contributed by atoms with Crippen molar-refractivity contribution in [3.63, 3.8) is 0 Å². The molecular weight excluding hydrogens is 334 g/mol. The molecule has 26 heavy (non-hydrogen) atoms. The standard InChI is InChI=1S/C18H27N5O3/c1-2-19-18(24)23-14-10-26-15-13(9-25-16(14)15)22-17-20-8-7-12(21-17)11-5-3-4-6-11/h7-8,11,13-16H,2-6,9-10H2,1H3,(H2,19,23,24)(H,20,21,22)/t13-,14+,15-,16+/m0/s1. The van der Waals surface area contributed by atoms with Crippen molar-refractivity contribution in [2.75, 3.05) is 25.1 Å². The summed E-state index contributed by atoms with van der Waals surface area (Å²) in [6, 6.07) is 1.69. The van der Waals surface area contributed by atoms with Crippen LogP contribution < -0.4 is 16.0 Å². The molecule has 1 aromatic heterocycles. The van der Waals surface area contributed by atoms with Gasteiger partial charge in [-0.2, -0.15) is 0 Å². The third-order valence-corrected chi connectivity index (χ3v) is 5.47. The van der Waals surface area contributed by atoms with E-state index in [0.717, 1.165) is 5.69 Å². The van der Waals surface area contributed by atoms with E-state index in [1.807, 2.05) is 19.2 Å². The normalized spacial score (nSPS) is 31.0. The SMILES string of the molecule is CCNC(=O)N[C@@H]1CO[C@@H]2[C@@H]1OC[C@@H]2Nc1nccc(C2CCCC2)n1. The number of fused-ring (bicyclic) bond motifs is 1. The Balaban J connectivity index is 1.37. The Hall–Kier alpha value is -1.93. The fourth-order valence-corrected chi connectivity index (χ4v) is 4.18. The van der Waals surface area contributed by atoms with E-state index in [1.165, 1.54) is 25.7 Å². The highest BCUT2D eigenvalue weighted by Gasteiger charge is 2.48. The van der Waals surface area contributed by atoms with E-state index < -0.39 is 0 Å². The maximum absolute atomic E-state index is 11.8. The first-order chi connectivity index (χ1) is 12.7. The second-order valence-corrected chi connectivity index (χ2v) is 7.24. The Morgan fingerprint density at radius 1 is 1.19 bits per heavy atom. The van der Waals surface area contributed by atoms with Crippen LogP contribution >= 0.6 is 0 Å². The van der Waals surface area contributed by atoms with Crippen molar-refractivity contribution < 1.29 is 14.3 Å². The van der Waals surface area contributed by atoms with Crippen molar-refractivity contribution in [3.05, 3.63) is 18.0 Å². The average molecular weight is 361 g/mol. The molecule has 4 rings (SSSR count). The van der Waals surface area contributed by atoms with E-state index in [9.17, 15) is 4.79 Å². The number of anilines is 1. The van der Waals surface area contributed by atoms with E-state index in [-0.39, 0.29) is 30.3 Å². The van der Waals surface area contributed by atoms with E-state index in [1.54, 1.807) is 0 Å². The van der Waals surface area contributed by atoms with Crippen LogP contribution in [0.15, 0.2) is 12.3 Å². The van der Waals surface area contributed by atoms with Gasteiger partial charge in [-0.15, -0.1) is 0 Å². The van der Waals surface area contributed by atoms with Crippen molar-refractivity contribution in [2.24, 2.45) is 0 Å². The number of hydrogen-bond donors (Lipinski definition) is 3. The number of urea groups is 1. The minimum atomic E-state index is -0.186. The van der Waals surface area contributed by atoms with Crippen molar-refractivity contribution in [3.8, 4) is 0 Å². The highest BCUT2D eigenvalue weighted by atomic mass is 16.6. The molecule has 0 radical (unpaired) electrons. The molecule has 0 unspecified atom stereocenters. The number of carbonyl (C=O) groups is 1. The second-order valence-electron chi connectivity index (χ2n) is 7.24. The largest absolute Gasteiger partial charge is 0.371 e. The molecule has 0 aromatic carbocycles. The van der Waals surface area contributed by atoms with Gasteiger partial charge >= 0.3 is 6.03 Å². The summed E-state index contributed by atoms with van der Waals surface area (Å²) < 4.78 is 11.8. The summed E-state index contributed by atoms with van der Waals surface area (Å²) in [6.07, 6.45) is 6.56. The summed E-state index contributed by atoms with van der Waals surface area (Å²) in [5, 5.41) is 9.04. The molecule has 0 spiro atoms. The maximum Gasteiger partial charge on any atom is 0.315 e. The summed E-state index contributed by atoms with van der Waals surface area (Å²) in [7, 11) is 0. The molecule has 3 N–H and O–H groups in total. The molecule has 2 aliphatic heterocycles. The van der Waals surface area contributed by atoms with Gasteiger partial charge in [0.05, 0.1) is 25.3 Å². The number of carbonyl (C=O) groups excluding carboxylic acids is 1. The molecule has 3 heterocycles. The molecule has 2 amide bonds. The van der Waals surface area contributed by atoms with Crippen LogP contribution in [0.4, 0.5) is 10.7 Å². The van der Waals surface area contributed by atoms with Gasteiger partial charge < -0.3 is 25.4 Å². The molecule has 0 bridgehead atoms. The fourth-order valence-electron chi connectivity index (χ4n) is 4.18. The first-order valence-electron chi connectivity index (χ1n) is 9.61. The zero-order chi connectivity index (χ0) is 17.9. The predicted molar refractivity (Wildman–Crippen MR) is 96.1 cm³/mol. The van der Waals surface area contributed by atoms with Gasteiger partial charge in [-0.3, -0.25) is 0 Å². The van der Waals surface area contributed by atoms with Crippen LogP contribution in [0.5, 0.6) is 0 Å². The number of rotatable bonds is 5. The topological polar surface area (TPSA) is 97.4 Å². The molecule has 142 valence electrons. The molecule has 3 fully saturated rings. The Kier molecular flexibility index (Phi) is 5.21. The third-order valence-electron chi connectivity index (χ3n) is 5.47. The fraction of sp³-hybridized carbons (Fsp3) is 0.722. The van der Waals surface area contributed by atoms with Crippen LogP contribution in [0.3, 0.4) is 0 Å². The molecule has 8 heteroatoms. The molecule has 1 aliphatic carbocycles. The number of aromatic nitrogens is 2. The maximum atomic E-state index is 11.8. The van der Waals surface area contributed by atoms with Crippen LogP contribution in [0.25, 0.3) is 0 Å². The zero-order valence-electron chi connectivity index (χ0n) is 15.1. The highest BCUT2D eigenvalue weighted by Crippen LogP contribution is 2.33. The van der Waals surface area contributed by atoms with E-state index in [4.69, 9.17) is 14.5 Å². The second kappa shape index (κ2) is 7.75. The Labute approximate surface area is 153 Å². The molecule has 2 saturated heterocycles. The lowest BCUT2D eigenvalue weighted by Crippen LogP contribution is -2.48. The third kappa shape index (κ3) is 3.61. The molecule has 1 aromatic rings. The van der Waals surface area contributed by atoms with Gasteiger partial charge in [-0.1, -0.05) is 12.8 Å². The van der Waals surface area contributed by atoms with Gasteiger partial charge in [-0.25, -0.2) is 14.8 Å². The van der Waals surface area contributed by atoms with Crippen LogP contribution in [-0.2, 0) is 9.47 Å².